The molecule has 5 heteroatoms. The molecule has 0 spiro atoms. The smallest absolute Gasteiger partial charge is 0.387 e. The van der Waals surface area contributed by atoms with Crippen LogP contribution in [0.15, 0.2) is 18.2 Å². The second-order valence-corrected chi connectivity index (χ2v) is 3.27. The lowest BCUT2D eigenvalue weighted by Crippen LogP contribution is -2.04. The van der Waals surface area contributed by atoms with E-state index in [2.05, 4.69) is 4.74 Å². The van der Waals surface area contributed by atoms with Crippen molar-refractivity contribution in [1.82, 2.24) is 0 Å². The van der Waals surface area contributed by atoms with Crippen LogP contribution in [0, 0.1) is 0 Å². The van der Waals surface area contributed by atoms with Crippen molar-refractivity contribution in [1.29, 1.82) is 0 Å². The van der Waals surface area contributed by atoms with Gasteiger partial charge in [0.25, 0.3) is 0 Å². The summed E-state index contributed by atoms with van der Waals surface area (Å²) in [7, 11) is 0. The number of hydrogen-bond acceptors (Lipinski definition) is 2. The Hall–Kier alpha value is -1.16. The second-order valence-electron chi connectivity index (χ2n) is 2.84. The minimum absolute atomic E-state index is 0.0272. The molecule has 0 aromatic heterocycles. The maximum atomic E-state index is 12.0. The summed E-state index contributed by atoms with van der Waals surface area (Å²) in [6.45, 7) is -2.89. The summed E-state index contributed by atoms with van der Waals surface area (Å²) in [6, 6.07) is 4.46. The summed E-state index contributed by atoms with van der Waals surface area (Å²) < 4.78 is 28.3. The predicted molar refractivity (Wildman–Crippen MR) is 52.5 cm³/mol. The number of alkyl halides is 2. The number of hydrogen-bond donors (Lipinski definition) is 0. The number of rotatable bonds is 5. The molecule has 0 radical (unpaired) electrons. The van der Waals surface area contributed by atoms with Crippen molar-refractivity contribution in [3.8, 4) is 5.75 Å². The van der Waals surface area contributed by atoms with E-state index in [0.29, 0.717) is 17.0 Å². The maximum absolute atomic E-state index is 12.0. The first-order valence-electron chi connectivity index (χ1n) is 4.30. The monoisotopic (exact) mass is 234 g/mol. The topological polar surface area (TPSA) is 26.3 Å². The number of halogens is 3. The van der Waals surface area contributed by atoms with E-state index in [9.17, 15) is 13.6 Å². The highest BCUT2D eigenvalue weighted by atomic mass is 35.5. The van der Waals surface area contributed by atoms with E-state index >= 15 is 0 Å². The Morgan fingerprint density at radius 3 is 2.80 bits per heavy atom. The third-order valence-electron chi connectivity index (χ3n) is 1.78. The lowest BCUT2D eigenvalue weighted by Gasteiger charge is -2.09. The van der Waals surface area contributed by atoms with Gasteiger partial charge in [-0.25, -0.2) is 0 Å². The second kappa shape index (κ2) is 5.66. The Bertz CT molecular complexity index is 342. The van der Waals surface area contributed by atoms with Crippen molar-refractivity contribution in [2.24, 2.45) is 0 Å². The Balaban J connectivity index is 2.86. The molecular weight excluding hydrogens is 226 g/mol. The van der Waals surface area contributed by atoms with Gasteiger partial charge in [-0.1, -0.05) is 17.7 Å². The van der Waals surface area contributed by atoms with Crippen molar-refractivity contribution in [2.75, 3.05) is 0 Å². The van der Waals surface area contributed by atoms with Gasteiger partial charge >= 0.3 is 6.61 Å². The molecule has 0 saturated carbocycles. The molecule has 0 N–H and O–H groups in total. The molecule has 0 heterocycles. The fourth-order valence-corrected chi connectivity index (χ4v) is 1.32. The molecular formula is C10H9ClF2O2. The van der Waals surface area contributed by atoms with Gasteiger partial charge < -0.3 is 9.53 Å². The van der Waals surface area contributed by atoms with Crippen LogP contribution >= 0.6 is 11.6 Å². The average molecular weight is 235 g/mol. The molecule has 1 aromatic carbocycles. The van der Waals surface area contributed by atoms with Crippen LogP contribution in [0.2, 0.25) is 5.02 Å². The quantitative estimate of drug-likeness (QED) is 0.732. The van der Waals surface area contributed by atoms with Crippen LogP contribution in [-0.2, 0) is 11.2 Å². The molecule has 0 saturated heterocycles. The van der Waals surface area contributed by atoms with Gasteiger partial charge in [-0.05, 0) is 24.1 Å². The minimum Gasteiger partial charge on any atom is -0.434 e. The minimum atomic E-state index is -2.89. The predicted octanol–water partition coefficient (Wildman–Crippen LogP) is 3.07. The summed E-state index contributed by atoms with van der Waals surface area (Å²) in [5, 5.41) is 0.320. The molecule has 0 amide bonds. The van der Waals surface area contributed by atoms with Gasteiger partial charge in [0.1, 0.15) is 12.0 Å². The standard InChI is InChI=1S/C10H9ClF2O2/c11-8-4-3-7(2-1-5-14)9(6-8)15-10(12)13/h3-6,10H,1-2H2. The molecule has 0 bridgehead atoms. The Morgan fingerprint density at radius 2 is 2.20 bits per heavy atom. The van der Waals surface area contributed by atoms with Crippen molar-refractivity contribution in [3.63, 3.8) is 0 Å². The number of carbonyl (C=O) groups is 1. The Labute approximate surface area is 90.8 Å². The van der Waals surface area contributed by atoms with E-state index in [1.807, 2.05) is 0 Å². The normalized spacial score (nSPS) is 10.4. The third-order valence-corrected chi connectivity index (χ3v) is 2.01. The lowest BCUT2D eigenvalue weighted by atomic mass is 10.1. The zero-order valence-corrected chi connectivity index (χ0v) is 8.51. The SMILES string of the molecule is O=CCCc1ccc(Cl)cc1OC(F)F. The molecule has 0 fully saturated rings. The zero-order chi connectivity index (χ0) is 11.3. The van der Waals surface area contributed by atoms with Crippen LogP contribution in [0.4, 0.5) is 8.78 Å². The maximum Gasteiger partial charge on any atom is 0.387 e. The van der Waals surface area contributed by atoms with E-state index in [1.165, 1.54) is 6.07 Å². The first kappa shape index (κ1) is 11.9. The molecule has 0 atom stereocenters. The number of benzene rings is 1. The van der Waals surface area contributed by atoms with E-state index in [4.69, 9.17) is 11.6 Å². The fraction of sp³-hybridized carbons (Fsp3) is 0.300. The first-order chi connectivity index (χ1) is 7.13. The number of ether oxygens (including phenoxy) is 1. The molecule has 0 aliphatic rings. The van der Waals surface area contributed by atoms with E-state index in [-0.39, 0.29) is 12.2 Å². The highest BCUT2D eigenvalue weighted by molar-refractivity contribution is 6.30. The number of aryl methyl sites for hydroxylation is 1. The molecule has 1 rings (SSSR count). The highest BCUT2D eigenvalue weighted by Crippen LogP contribution is 2.25. The van der Waals surface area contributed by atoms with Crippen LogP contribution in [0.1, 0.15) is 12.0 Å². The van der Waals surface area contributed by atoms with Gasteiger partial charge in [-0.2, -0.15) is 8.78 Å². The van der Waals surface area contributed by atoms with Crippen molar-refractivity contribution in [3.05, 3.63) is 28.8 Å². The molecule has 0 aliphatic heterocycles. The van der Waals surface area contributed by atoms with E-state index < -0.39 is 6.61 Å². The number of carbonyl (C=O) groups excluding carboxylic acids is 1. The van der Waals surface area contributed by atoms with Gasteiger partial charge in [-0.15, -0.1) is 0 Å². The molecule has 0 aliphatic carbocycles. The fourth-order valence-electron chi connectivity index (χ4n) is 1.16. The van der Waals surface area contributed by atoms with Crippen LogP contribution in [0.5, 0.6) is 5.75 Å². The van der Waals surface area contributed by atoms with Crippen LogP contribution in [0.25, 0.3) is 0 Å². The molecule has 2 nitrogen and oxygen atoms in total. The van der Waals surface area contributed by atoms with Gasteiger partial charge in [0.15, 0.2) is 0 Å². The molecule has 0 unspecified atom stereocenters. The lowest BCUT2D eigenvalue weighted by molar-refractivity contribution is -0.107. The summed E-state index contributed by atoms with van der Waals surface area (Å²) >= 11 is 5.64. The van der Waals surface area contributed by atoms with Crippen molar-refractivity contribution < 1.29 is 18.3 Å². The van der Waals surface area contributed by atoms with Crippen LogP contribution in [0.3, 0.4) is 0 Å². The van der Waals surface area contributed by atoms with Crippen LogP contribution in [-0.4, -0.2) is 12.9 Å². The molecule has 82 valence electrons. The van der Waals surface area contributed by atoms with Gasteiger partial charge in [0.05, 0.1) is 0 Å². The van der Waals surface area contributed by atoms with Gasteiger partial charge in [0.2, 0.25) is 0 Å². The Kier molecular flexibility index (Phi) is 4.49. The molecule has 1 aromatic rings. The summed E-state index contributed by atoms with van der Waals surface area (Å²) in [4.78, 5) is 10.2. The summed E-state index contributed by atoms with van der Waals surface area (Å²) in [5.74, 6) is 0.0272. The summed E-state index contributed by atoms with van der Waals surface area (Å²) in [6.07, 6.45) is 1.35. The van der Waals surface area contributed by atoms with E-state index in [1.54, 1.807) is 12.1 Å². The van der Waals surface area contributed by atoms with Gasteiger partial charge in [-0.3, -0.25) is 0 Å². The molecule has 15 heavy (non-hydrogen) atoms. The van der Waals surface area contributed by atoms with Gasteiger partial charge in [0, 0.05) is 11.4 Å². The average Bonchev–Trinajstić information content (AvgIpc) is 2.16. The van der Waals surface area contributed by atoms with Crippen molar-refractivity contribution in [2.45, 2.75) is 19.5 Å². The van der Waals surface area contributed by atoms with E-state index in [0.717, 1.165) is 6.29 Å². The number of aldehydes is 1. The third kappa shape index (κ3) is 3.83. The highest BCUT2D eigenvalue weighted by Gasteiger charge is 2.09. The summed E-state index contributed by atoms with van der Waals surface area (Å²) in [5.41, 5.74) is 0.548. The first-order valence-corrected chi connectivity index (χ1v) is 4.68. The Morgan fingerprint density at radius 1 is 1.47 bits per heavy atom. The van der Waals surface area contributed by atoms with Crippen molar-refractivity contribution >= 4 is 17.9 Å². The largest absolute Gasteiger partial charge is 0.434 e. The zero-order valence-electron chi connectivity index (χ0n) is 7.75. The van der Waals surface area contributed by atoms with Crippen LogP contribution < -0.4 is 4.74 Å².